The first kappa shape index (κ1) is 23.1. The third-order valence-corrected chi connectivity index (χ3v) is 6.62. The van der Waals surface area contributed by atoms with Gasteiger partial charge in [-0.05, 0) is 25.1 Å². The lowest BCUT2D eigenvalue weighted by Crippen LogP contribution is -2.36. The zero-order valence-electron chi connectivity index (χ0n) is 19.5. The Morgan fingerprint density at radius 1 is 1.20 bits per heavy atom. The first-order valence-electron chi connectivity index (χ1n) is 11.4. The van der Waals surface area contributed by atoms with Crippen molar-refractivity contribution in [3.63, 3.8) is 0 Å². The zero-order valence-corrected chi connectivity index (χ0v) is 20.4. The molecule has 0 radical (unpaired) electrons. The number of ether oxygens (including phenoxy) is 2. The van der Waals surface area contributed by atoms with Gasteiger partial charge >= 0.3 is 5.97 Å². The number of hydrogen-bond donors (Lipinski definition) is 0. The number of esters is 1. The number of aromatic nitrogens is 5. The molecular weight excluding hydrogens is 466 g/mol. The molecule has 1 saturated heterocycles. The molecule has 0 bridgehead atoms. The molecule has 1 aliphatic rings. The highest BCUT2D eigenvalue weighted by Gasteiger charge is 2.21. The number of morpholine rings is 1. The first-order valence-corrected chi connectivity index (χ1v) is 12.2. The van der Waals surface area contributed by atoms with Crippen LogP contribution < -0.4 is 9.80 Å². The molecule has 0 aliphatic carbocycles. The zero-order chi connectivity index (χ0) is 24.2. The Bertz CT molecular complexity index is 1310. The minimum atomic E-state index is -0.426. The lowest BCUT2D eigenvalue weighted by atomic mass is 10.2. The Morgan fingerprint density at radius 3 is 2.71 bits per heavy atom. The van der Waals surface area contributed by atoms with Crippen molar-refractivity contribution in [1.82, 2.24) is 24.9 Å². The topological polar surface area (TPSA) is 106 Å². The summed E-state index contributed by atoms with van der Waals surface area (Å²) in [5.41, 5.74) is 2.11. The van der Waals surface area contributed by atoms with Crippen LogP contribution in [0.15, 0.2) is 43.0 Å². The minimum absolute atomic E-state index is 0.310. The molecule has 0 aromatic carbocycles. The van der Waals surface area contributed by atoms with Crippen LogP contribution in [0.4, 0.5) is 11.8 Å². The second-order valence-electron chi connectivity index (χ2n) is 7.99. The first-order chi connectivity index (χ1) is 17.1. The van der Waals surface area contributed by atoms with E-state index in [0.717, 1.165) is 39.6 Å². The molecule has 11 heteroatoms. The van der Waals surface area contributed by atoms with Crippen LogP contribution >= 0.6 is 11.3 Å². The van der Waals surface area contributed by atoms with E-state index >= 15 is 0 Å². The second-order valence-corrected chi connectivity index (χ2v) is 9.12. The summed E-state index contributed by atoms with van der Waals surface area (Å²) in [6.45, 7) is 5.58. The minimum Gasteiger partial charge on any atom is -0.462 e. The maximum Gasteiger partial charge on any atom is 0.341 e. The Kier molecular flexibility index (Phi) is 6.77. The largest absolute Gasteiger partial charge is 0.462 e. The number of fused-ring (bicyclic) bond motifs is 1. The molecule has 1 aliphatic heterocycles. The number of pyridine rings is 1. The molecule has 1 fully saturated rings. The molecule has 0 saturated carbocycles. The lowest BCUT2D eigenvalue weighted by Gasteiger charge is -2.28. The molecule has 0 N–H and O–H groups in total. The fourth-order valence-corrected chi connectivity index (χ4v) is 4.96. The van der Waals surface area contributed by atoms with Crippen molar-refractivity contribution in [3.05, 3.63) is 53.4 Å². The van der Waals surface area contributed by atoms with Crippen molar-refractivity contribution in [2.24, 2.45) is 0 Å². The van der Waals surface area contributed by atoms with Gasteiger partial charge in [0.05, 0.1) is 42.1 Å². The standard InChI is InChI=1S/C24H25N7O3S/c1-3-34-23(32)17-13-26-24(27-14-17)30(2)15-18-11-19-20(35-18)22(31-7-9-33-10-8-31)29-21(28-19)16-5-4-6-25-12-16/h4-6,11-14H,3,7-10,15H2,1-2H3. The van der Waals surface area contributed by atoms with Gasteiger partial charge in [0.25, 0.3) is 0 Å². The van der Waals surface area contributed by atoms with Crippen molar-refractivity contribution < 1.29 is 14.3 Å². The van der Waals surface area contributed by atoms with Gasteiger partial charge in [0.1, 0.15) is 0 Å². The van der Waals surface area contributed by atoms with Crippen LogP contribution in [0.3, 0.4) is 0 Å². The Hall–Kier alpha value is -3.70. The molecular formula is C24H25N7O3S. The number of anilines is 2. The van der Waals surface area contributed by atoms with Crippen LogP contribution in [-0.4, -0.2) is 70.8 Å². The van der Waals surface area contributed by atoms with Gasteiger partial charge in [0, 0.05) is 55.4 Å². The maximum atomic E-state index is 11.9. The Morgan fingerprint density at radius 2 is 2.00 bits per heavy atom. The highest BCUT2D eigenvalue weighted by molar-refractivity contribution is 7.19. The molecule has 35 heavy (non-hydrogen) atoms. The van der Waals surface area contributed by atoms with E-state index < -0.39 is 5.97 Å². The molecule has 0 amide bonds. The Balaban J connectivity index is 1.44. The average molecular weight is 492 g/mol. The normalized spacial score (nSPS) is 13.7. The molecule has 180 valence electrons. The molecule has 0 atom stereocenters. The van der Waals surface area contributed by atoms with Crippen LogP contribution in [0.25, 0.3) is 21.6 Å². The molecule has 5 heterocycles. The van der Waals surface area contributed by atoms with Gasteiger partial charge in [-0.2, -0.15) is 0 Å². The van der Waals surface area contributed by atoms with Gasteiger partial charge in [0.2, 0.25) is 5.95 Å². The van der Waals surface area contributed by atoms with Crippen LogP contribution in [-0.2, 0) is 16.0 Å². The van der Waals surface area contributed by atoms with E-state index in [4.69, 9.17) is 19.4 Å². The van der Waals surface area contributed by atoms with E-state index in [1.54, 1.807) is 30.7 Å². The second kappa shape index (κ2) is 10.3. The van der Waals surface area contributed by atoms with Crippen molar-refractivity contribution in [3.8, 4) is 11.4 Å². The monoisotopic (exact) mass is 491 g/mol. The van der Waals surface area contributed by atoms with Crippen LogP contribution in [0.1, 0.15) is 22.2 Å². The predicted octanol–water partition coefficient (Wildman–Crippen LogP) is 3.19. The number of carbonyl (C=O) groups excluding carboxylic acids is 1. The molecule has 4 aromatic heterocycles. The smallest absolute Gasteiger partial charge is 0.341 e. The molecule has 10 nitrogen and oxygen atoms in total. The summed E-state index contributed by atoms with van der Waals surface area (Å²) >= 11 is 1.66. The van der Waals surface area contributed by atoms with Crippen LogP contribution in [0, 0.1) is 0 Å². The third-order valence-electron chi connectivity index (χ3n) is 5.52. The van der Waals surface area contributed by atoms with E-state index in [9.17, 15) is 4.79 Å². The van der Waals surface area contributed by atoms with E-state index in [0.29, 0.717) is 43.7 Å². The highest BCUT2D eigenvalue weighted by Crippen LogP contribution is 2.35. The maximum absolute atomic E-state index is 11.9. The van der Waals surface area contributed by atoms with Gasteiger partial charge in [-0.25, -0.2) is 24.7 Å². The number of nitrogens with zero attached hydrogens (tertiary/aromatic N) is 7. The molecule has 0 spiro atoms. The summed E-state index contributed by atoms with van der Waals surface area (Å²) in [5, 5.41) is 0. The van der Waals surface area contributed by atoms with E-state index in [1.807, 2.05) is 24.1 Å². The molecule has 0 unspecified atom stereocenters. The molecule has 5 rings (SSSR count). The average Bonchev–Trinajstić information content (AvgIpc) is 3.31. The molecule has 4 aromatic rings. The van der Waals surface area contributed by atoms with Crippen molar-refractivity contribution in [2.75, 3.05) is 49.8 Å². The van der Waals surface area contributed by atoms with E-state index in [-0.39, 0.29) is 0 Å². The Labute approximate surface area is 206 Å². The van der Waals surface area contributed by atoms with Gasteiger partial charge in [0.15, 0.2) is 11.6 Å². The lowest BCUT2D eigenvalue weighted by molar-refractivity contribution is 0.0525. The third kappa shape index (κ3) is 5.05. The summed E-state index contributed by atoms with van der Waals surface area (Å²) in [6.07, 6.45) is 6.50. The summed E-state index contributed by atoms with van der Waals surface area (Å²) < 4.78 is 11.6. The quantitative estimate of drug-likeness (QED) is 0.358. The summed E-state index contributed by atoms with van der Waals surface area (Å²) in [6, 6.07) is 5.95. The van der Waals surface area contributed by atoms with Gasteiger partial charge in [-0.1, -0.05) is 0 Å². The van der Waals surface area contributed by atoms with Crippen molar-refractivity contribution in [1.29, 1.82) is 0 Å². The van der Waals surface area contributed by atoms with Crippen LogP contribution in [0.2, 0.25) is 0 Å². The van der Waals surface area contributed by atoms with Gasteiger partial charge in [-0.15, -0.1) is 11.3 Å². The predicted molar refractivity (Wildman–Crippen MR) is 134 cm³/mol. The van der Waals surface area contributed by atoms with Gasteiger partial charge < -0.3 is 19.3 Å². The van der Waals surface area contributed by atoms with Gasteiger partial charge in [-0.3, -0.25) is 4.98 Å². The fourth-order valence-electron chi connectivity index (χ4n) is 3.80. The number of rotatable bonds is 7. The number of carbonyl (C=O) groups is 1. The van der Waals surface area contributed by atoms with Crippen LogP contribution in [0.5, 0.6) is 0 Å². The fraction of sp³-hybridized carbons (Fsp3) is 0.333. The SMILES string of the molecule is CCOC(=O)c1cnc(N(C)Cc2cc3nc(-c4cccnc4)nc(N4CCOCC4)c3s2)nc1. The number of thiophene rings is 1. The van der Waals surface area contributed by atoms with E-state index in [2.05, 4.69) is 25.9 Å². The van der Waals surface area contributed by atoms with Crippen molar-refractivity contribution >= 4 is 39.3 Å². The highest BCUT2D eigenvalue weighted by atomic mass is 32.1. The van der Waals surface area contributed by atoms with Crippen molar-refractivity contribution in [2.45, 2.75) is 13.5 Å². The summed E-state index contributed by atoms with van der Waals surface area (Å²) in [7, 11) is 1.92. The summed E-state index contributed by atoms with van der Waals surface area (Å²) in [5.74, 6) is 1.67. The summed E-state index contributed by atoms with van der Waals surface area (Å²) in [4.78, 5) is 39.9. The number of hydrogen-bond acceptors (Lipinski definition) is 11. The van der Waals surface area contributed by atoms with E-state index in [1.165, 1.54) is 12.4 Å².